The van der Waals surface area contributed by atoms with Gasteiger partial charge in [0.05, 0.1) is 40.2 Å². The molecule has 4 aromatic rings. The Morgan fingerprint density at radius 2 is 1.78 bits per heavy atom. The molecular formula is C52H67F3N6O6S. The van der Waals surface area contributed by atoms with E-state index in [2.05, 4.69) is 20.6 Å². The van der Waals surface area contributed by atoms with E-state index in [9.17, 15) is 19.5 Å². The van der Waals surface area contributed by atoms with E-state index in [0.29, 0.717) is 31.4 Å². The van der Waals surface area contributed by atoms with Crippen LogP contribution in [0, 0.1) is 17.8 Å². The maximum absolute atomic E-state index is 16.6. The third-order valence-electron chi connectivity index (χ3n) is 13.5. The summed E-state index contributed by atoms with van der Waals surface area (Å²) < 4.78 is 59.9. The first-order valence-electron chi connectivity index (χ1n) is 23.7. The summed E-state index contributed by atoms with van der Waals surface area (Å²) in [7, 11) is 0. The molecule has 4 N–H and O–H groups in total. The Morgan fingerprint density at radius 1 is 1.06 bits per heavy atom. The maximum atomic E-state index is 16.6. The average molecular weight is 961 g/mol. The van der Waals surface area contributed by atoms with Crippen LogP contribution in [0.4, 0.5) is 13.2 Å². The van der Waals surface area contributed by atoms with Gasteiger partial charge in [-0.2, -0.15) is 0 Å². The second-order valence-corrected chi connectivity index (χ2v) is 21.4. The van der Waals surface area contributed by atoms with Crippen LogP contribution in [0.3, 0.4) is 0 Å². The third kappa shape index (κ3) is 11.4. The Labute approximate surface area is 401 Å². The Kier molecular flexibility index (Phi) is 15.6. The van der Waals surface area contributed by atoms with Crippen molar-refractivity contribution in [3.05, 3.63) is 100 Å². The minimum absolute atomic E-state index is 0.00121. The molecule has 0 radical (unpaired) electrons. The predicted octanol–water partition coefficient (Wildman–Crippen LogP) is 8.74. The van der Waals surface area contributed by atoms with E-state index in [-0.39, 0.29) is 63.6 Å². The molecule has 7 atom stereocenters. The van der Waals surface area contributed by atoms with Crippen LogP contribution in [0.1, 0.15) is 103 Å². The number of aliphatic hydroxyl groups is 1. The average Bonchev–Trinajstić information content (AvgIpc) is 4.00. The summed E-state index contributed by atoms with van der Waals surface area (Å²) in [4.78, 5) is 52.7. The number of nitrogens with one attached hydrogen (secondary N) is 3. The van der Waals surface area contributed by atoms with Gasteiger partial charge in [0.15, 0.2) is 0 Å². The summed E-state index contributed by atoms with van der Waals surface area (Å²) >= 11 is 1.56. The van der Waals surface area contributed by atoms with E-state index in [1.54, 1.807) is 23.8 Å². The molecule has 12 nitrogen and oxygen atoms in total. The zero-order chi connectivity index (χ0) is 49.1. The van der Waals surface area contributed by atoms with E-state index in [1.165, 1.54) is 30.9 Å². The number of aromatic amines is 1. The summed E-state index contributed by atoms with van der Waals surface area (Å²) in [6.07, 6.45) is 2.39. The number of allylic oxidation sites excluding steroid dienone is 2. The third-order valence-corrected chi connectivity index (χ3v) is 14.4. The number of carbonyl (C=O) groups excluding carboxylic acids is 3. The highest BCUT2D eigenvalue weighted by molar-refractivity contribution is 7.13. The number of likely N-dealkylation sites (tertiary alicyclic amines) is 1. The number of halogens is 3. The number of hydrogen-bond donors (Lipinski definition) is 4. The molecule has 2 aromatic carbocycles. The number of hydrogen-bond acceptors (Lipinski definition) is 9. The number of benzene rings is 2. The SMILES string of the molecule is Cc1ncsc1-c1ccc(CNC(=O)[C@@H]2C[C@@H](O)CN2C(=O)[C@@H](NC(=O)COCCCCCOC2=CC(F)C(C)([C@@H]3c4[nH]c5ccccc5c4C[C@@H](C)N3CC(C)(C)F)C(F)=C2)C(C)(C)C)cc1. The molecule has 7 rings (SSSR count). The predicted molar refractivity (Wildman–Crippen MR) is 259 cm³/mol. The number of aromatic nitrogens is 2. The summed E-state index contributed by atoms with van der Waals surface area (Å²) in [6.45, 7) is 14.3. The highest BCUT2D eigenvalue weighted by Gasteiger charge is 2.55. The molecule has 368 valence electrons. The molecule has 68 heavy (non-hydrogen) atoms. The summed E-state index contributed by atoms with van der Waals surface area (Å²) in [5.74, 6) is -1.92. The van der Waals surface area contributed by atoms with Gasteiger partial charge in [-0.05, 0) is 94.5 Å². The number of nitrogens with zero attached hydrogens (tertiary/aromatic N) is 3. The fourth-order valence-electron chi connectivity index (χ4n) is 9.80. The van der Waals surface area contributed by atoms with Crippen molar-refractivity contribution in [3.63, 3.8) is 0 Å². The number of H-pyrrole nitrogens is 1. The molecule has 16 heteroatoms. The van der Waals surface area contributed by atoms with Gasteiger partial charge in [0.1, 0.15) is 42.1 Å². The molecule has 0 bridgehead atoms. The van der Waals surface area contributed by atoms with Gasteiger partial charge in [-0.3, -0.25) is 19.3 Å². The van der Waals surface area contributed by atoms with Crippen LogP contribution in [-0.2, 0) is 36.8 Å². The van der Waals surface area contributed by atoms with Gasteiger partial charge < -0.3 is 35.1 Å². The van der Waals surface area contributed by atoms with Crippen LogP contribution in [-0.4, -0.2) is 112 Å². The first kappa shape index (κ1) is 50.8. The molecule has 3 aliphatic rings. The zero-order valence-corrected chi connectivity index (χ0v) is 41.3. The van der Waals surface area contributed by atoms with Crippen LogP contribution >= 0.6 is 11.3 Å². The topological polar surface area (TPSA) is 149 Å². The number of aliphatic hydroxyl groups excluding tert-OH is 1. The number of alkyl halides is 2. The minimum atomic E-state index is -1.77. The van der Waals surface area contributed by atoms with Crippen LogP contribution in [0.25, 0.3) is 21.3 Å². The number of carbonyl (C=O) groups is 3. The fourth-order valence-corrected chi connectivity index (χ4v) is 10.6. The standard InChI is InChI=1S/C52H67F3N6O6S/c1-31-22-38-37-14-10-11-15-39(37)58-44(38)47(61(31)29-51(6,7)55)52(8)41(53)24-36(25-42(52)54)67-21-13-9-12-20-66-28-43(63)59-46(50(3,4)5)49(65)60-27-35(62)23-40(60)48(64)56-26-33-16-18-34(19-17-33)45-32(2)57-30-68-45/h10-11,14-19,24-25,30-31,35,40-41,46-47,58,62H,9,12-13,20-23,26-29H2,1-8H3,(H,56,64)(H,59,63)/t31-,35-,40+,41?,46-,47+,52?/m1/s1. The highest BCUT2D eigenvalue weighted by Crippen LogP contribution is 2.55. The molecule has 2 aliphatic heterocycles. The Balaban J connectivity index is 0.860. The van der Waals surface area contributed by atoms with Crippen molar-refractivity contribution >= 4 is 40.0 Å². The zero-order valence-electron chi connectivity index (χ0n) is 40.5. The monoisotopic (exact) mass is 960 g/mol. The Bertz CT molecular complexity index is 2490. The molecule has 3 amide bonds. The molecule has 0 saturated carbocycles. The summed E-state index contributed by atoms with van der Waals surface area (Å²) in [5.41, 5.74) is 3.27. The number of amides is 3. The molecule has 1 saturated heterocycles. The number of rotatable bonds is 18. The fraction of sp³-hybridized carbons (Fsp3) is 0.538. The van der Waals surface area contributed by atoms with Crippen LogP contribution in [0.2, 0.25) is 0 Å². The second kappa shape index (κ2) is 20.9. The van der Waals surface area contributed by atoms with Crippen LogP contribution in [0.5, 0.6) is 0 Å². The summed E-state index contributed by atoms with van der Waals surface area (Å²) in [6, 6.07) is 12.7. The number of β-amino-alcohol motifs (C(OH)–C–C–N with tert-alkyl or cyclic N) is 1. The van der Waals surface area contributed by atoms with E-state index in [0.717, 1.165) is 38.2 Å². The summed E-state index contributed by atoms with van der Waals surface area (Å²) in [5, 5.41) is 17.3. The van der Waals surface area contributed by atoms with Crippen molar-refractivity contribution in [2.75, 3.05) is 32.9 Å². The van der Waals surface area contributed by atoms with Gasteiger partial charge in [-0.15, -0.1) is 11.3 Å². The van der Waals surface area contributed by atoms with Gasteiger partial charge in [-0.25, -0.2) is 18.2 Å². The number of unbranched alkanes of at least 4 members (excludes halogenated alkanes) is 2. The molecular weight excluding hydrogens is 894 g/mol. The van der Waals surface area contributed by atoms with Crippen LogP contribution < -0.4 is 10.6 Å². The molecule has 2 unspecified atom stereocenters. The lowest BCUT2D eigenvalue weighted by Gasteiger charge is -2.51. The minimum Gasteiger partial charge on any atom is -0.494 e. The van der Waals surface area contributed by atoms with Crippen molar-refractivity contribution in [2.45, 2.75) is 136 Å². The molecule has 1 aliphatic carbocycles. The lowest BCUT2D eigenvalue weighted by atomic mass is 9.69. The number of thiazole rings is 1. The normalized spacial score (nSPS) is 23.8. The van der Waals surface area contributed by atoms with Crippen molar-refractivity contribution < 1.29 is 42.1 Å². The van der Waals surface area contributed by atoms with Gasteiger partial charge in [0, 0.05) is 61.4 Å². The number of fused-ring (bicyclic) bond motifs is 3. The van der Waals surface area contributed by atoms with Gasteiger partial charge in [-0.1, -0.05) is 63.2 Å². The van der Waals surface area contributed by atoms with Crippen molar-refractivity contribution in [1.82, 2.24) is 30.4 Å². The molecule has 0 spiro atoms. The second-order valence-electron chi connectivity index (χ2n) is 20.6. The van der Waals surface area contributed by atoms with E-state index < -0.39 is 64.5 Å². The number of ether oxygens (including phenoxy) is 2. The van der Waals surface area contributed by atoms with Crippen molar-refractivity contribution in [3.8, 4) is 10.4 Å². The quantitative estimate of drug-likeness (QED) is 0.0724. The van der Waals surface area contributed by atoms with Crippen LogP contribution in [0.15, 0.2) is 77.8 Å². The van der Waals surface area contributed by atoms with Crippen molar-refractivity contribution in [2.24, 2.45) is 10.8 Å². The lowest BCUT2D eigenvalue weighted by molar-refractivity contribution is -0.144. The molecule has 4 heterocycles. The highest BCUT2D eigenvalue weighted by atomic mass is 32.1. The maximum Gasteiger partial charge on any atom is 0.246 e. The lowest BCUT2D eigenvalue weighted by Crippen LogP contribution is -2.58. The largest absolute Gasteiger partial charge is 0.494 e. The van der Waals surface area contributed by atoms with E-state index in [1.807, 2.05) is 88.0 Å². The van der Waals surface area contributed by atoms with Gasteiger partial charge in [0.25, 0.3) is 0 Å². The van der Waals surface area contributed by atoms with E-state index in [4.69, 9.17) is 9.47 Å². The molecule has 1 fully saturated rings. The Morgan fingerprint density at radius 3 is 2.46 bits per heavy atom. The Hall–Kier alpha value is -5.03. The first-order valence-corrected chi connectivity index (χ1v) is 24.6. The smallest absolute Gasteiger partial charge is 0.246 e. The molecule has 2 aromatic heterocycles. The van der Waals surface area contributed by atoms with E-state index >= 15 is 13.2 Å². The first-order chi connectivity index (χ1) is 32.1. The number of aryl methyl sites for hydroxylation is 1. The van der Waals surface area contributed by atoms with Crippen molar-refractivity contribution in [1.29, 1.82) is 0 Å². The number of para-hydroxylation sites is 1. The van der Waals surface area contributed by atoms with Gasteiger partial charge in [0.2, 0.25) is 17.7 Å². The van der Waals surface area contributed by atoms with Gasteiger partial charge >= 0.3 is 0 Å².